The number of hydrogen-bond donors (Lipinski definition) is 2. The van der Waals surface area contributed by atoms with Gasteiger partial charge in [0.2, 0.25) is 0 Å². The van der Waals surface area contributed by atoms with Crippen molar-refractivity contribution in [3.63, 3.8) is 0 Å². The van der Waals surface area contributed by atoms with Crippen LogP contribution in [0.25, 0.3) is 0 Å². The molecule has 0 aliphatic carbocycles. The van der Waals surface area contributed by atoms with Crippen LogP contribution in [0.4, 0.5) is 32.0 Å². The Hall–Kier alpha value is -2.95. The highest BCUT2D eigenvalue weighted by Crippen LogP contribution is 2.39. The molecule has 0 aliphatic rings. The quantitative estimate of drug-likeness (QED) is 0.355. The van der Waals surface area contributed by atoms with E-state index in [4.69, 9.17) is 11.6 Å². The van der Waals surface area contributed by atoms with Crippen LogP contribution in [0.5, 0.6) is 0 Å². The van der Waals surface area contributed by atoms with Gasteiger partial charge in [-0.25, -0.2) is 4.79 Å². The molecule has 2 aromatic rings. The fourth-order valence-corrected chi connectivity index (χ4v) is 2.73. The number of esters is 1. The van der Waals surface area contributed by atoms with Gasteiger partial charge in [0, 0.05) is 16.3 Å². The first-order valence-corrected chi connectivity index (χ1v) is 8.96. The minimum atomic E-state index is -5.60. The molecule has 2 rings (SSSR count). The van der Waals surface area contributed by atoms with E-state index in [-0.39, 0.29) is 10.6 Å². The number of benzene rings is 2. The molecule has 2 N–H and O–H groups in total. The van der Waals surface area contributed by atoms with E-state index in [2.05, 4.69) is 4.74 Å². The molecule has 0 aliphatic heterocycles. The molecule has 1 atom stereocenters. The van der Waals surface area contributed by atoms with Crippen LogP contribution in [0.15, 0.2) is 48.5 Å². The Morgan fingerprint density at radius 2 is 1.65 bits per heavy atom. The standard InChI is InChI=1S/C19H15ClF6N2O3/c1-2-31-16(30)17(19(24,25)26,28-15(29)11-6-5-7-12(20)10-11)27-14-9-4-3-8-13(14)18(21,22)23/h3-10,27H,2H2,1H3,(H,28,29)/t17-/m0/s1. The summed E-state index contributed by atoms with van der Waals surface area (Å²) in [6, 6.07) is 7.94. The average molecular weight is 469 g/mol. The van der Waals surface area contributed by atoms with Crippen LogP contribution in [-0.2, 0) is 15.7 Å². The highest BCUT2D eigenvalue weighted by Gasteiger charge is 2.64. The van der Waals surface area contributed by atoms with Gasteiger partial charge in [-0.1, -0.05) is 29.8 Å². The second-order valence-electron chi connectivity index (χ2n) is 6.10. The number of hydrogen-bond acceptors (Lipinski definition) is 4. The van der Waals surface area contributed by atoms with Crippen LogP contribution in [0, 0.1) is 0 Å². The van der Waals surface area contributed by atoms with Gasteiger partial charge < -0.3 is 15.4 Å². The summed E-state index contributed by atoms with van der Waals surface area (Å²) in [7, 11) is 0. The molecule has 0 saturated heterocycles. The van der Waals surface area contributed by atoms with E-state index >= 15 is 0 Å². The molecule has 0 aromatic heterocycles. The Balaban J connectivity index is 2.63. The fourth-order valence-electron chi connectivity index (χ4n) is 2.54. The van der Waals surface area contributed by atoms with Crippen molar-refractivity contribution in [1.29, 1.82) is 0 Å². The number of para-hydroxylation sites is 1. The Labute approximate surface area is 177 Å². The van der Waals surface area contributed by atoms with Gasteiger partial charge in [-0.05, 0) is 37.3 Å². The van der Waals surface area contributed by atoms with E-state index in [1.54, 1.807) is 0 Å². The Morgan fingerprint density at radius 3 is 2.19 bits per heavy atom. The number of carbonyl (C=O) groups is 2. The van der Waals surface area contributed by atoms with Gasteiger partial charge in [-0.2, -0.15) is 26.3 Å². The Kier molecular flexibility index (Phi) is 7.10. The number of ether oxygens (including phenoxy) is 1. The maximum absolute atomic E-state index is 14.1. The van der Waals surface area contributed by atoms with Crippen molar-refractivity contribution in [1.82, 2.24) is 5.32 Å². The summed E-state index contributed by atoms with van der Waals surface area (Å²) in [5, 5.41) is 2.98. The molecule has 168 valence electrons. The number of alkyl halides is 6. The molecule has 0 radical (unpaired) electrons. The molecule has 12 heteroatoms. The van der Waals surface area contributed by atoms with Gasteiger partial charge in [-0.3, -0.25) is 4.79 Å². The van der Waals surface area contributed by atoms with Gasteiger partial charge in [-0.15, -0.1) is 0 Å². The predicted molar refractivity (Wildman–Crippen MR) is 99.4 cm³/mol. The van der Waals surface area contributed by atoms with E-state index < -0.39 is 47.7 Å². The zero-order valence-electron chi connectivity index (χ0n) is 15.7. The van der Waals surface area contributed by atoms with E-state index in [0.717, 1.165) is 24.3 Å². The molecule has 0 saturated carbocycles. The highest BCUT2D eigenvalue weighted by atomic mass is 35.5. The summed E-state index contributed by atoms with van der Waals surface area (Å²) < 4.78 is 86.8. The SMILES string of the molecule is CCOC(=O)[C@@](NC(=O)c1cccc(Cl)c1)(Nc1ccccc1C(F)(F)F)C(F)(F)F. The van der Waals surface area contributed by atoms with Crippen LogP contribution < -0.4 is 10.6 Å². The number of amides is 1. The molecular weight excluding hydrogens is 454 g/mol. The highest BCUT2D eigenvalue weighted by molar-refractivity contribution is 6.31. The lowest BCUT2D eigenvalue weighted by Gasteiger charge is -2.36. The zero-order chi connectivity index (χ0) is 23.4. The zero-order valence-corrected chi connectivity index (χ0v) is 16.5. The number of nitrogens with one attached hydrogen (secondary N) is 2. The minimum absolute atomic E-state index is 0.0109. The van der Waals surface area contributed by atoms with Crippen molar-refractivity contribution in [3.8, 4) is 0 Å². The van der Waals surface area contributed by atoms with Crippen molar-refractivity contribution in [2.24, 2.45) is 0 Å². The topological polar surface area (TPSA) is 67.4 Å². The maximum Gasteiger partial charge on any atom is 0.441 e. The summed E-state index contributed by atoms with van der Waals surface area (Å²) >= 11 is 5.73. The fraction of sp³-hybridized carbons (Fsp3) is 0.263. The van der Waals surface area contributed by atoms with Gasteiger partial charge in [0.1, 0.15) is 0 Å². The number of carbonyl (C=O) groups excluding carboxylic acids is 2. The largest absolute Gasteiger partial charge is 0.463 e. The minimum Gasteiger partial charge on any atom is -0.463 e. The van der Waals surface area contributed by atoms with Crippen molar-refractivity contribution in [2.45, 2.75) is 24.9 Å². The molecule has 31 heavy (non-hydrogen) atoms. The van der Waals surface area contributed by atoms with Crippen LogP contribution >= 0.6 is 11.6 Å². The first-order valence-electron chi connectivity index (χ1n) is 8.58. The third kappa shape index (κ3) is 5.40. The second kappa shape index (κ2) is 9.04. The summed E-state index contributed by atoms with van der Waals surface area (Å²) in [5.41, 5.74) is -6.96. The van der Waals surface area contributed by atoms with Gasteiger partial charge in [0.15, 0.2) is 0 Å². The number of anilines is 1. The number of halogens is 7. The average Bonchev–Trinajstić information content (AvgIpc) is 2.66. The lowest BCUT2D eigenvalue weighted by molar-refractivity contribution is -0.204. The lowest BCUT2D eigenvalue weighted by Crippen LogP contribution is -2.69. The van der Waals surface area contributed by atoms with E-state index in [1.165, 1.54) is 29.7 Å². The molecule has 1 amide bonds. The molecule has 2 aromatic carbocycles. The second-order valence-corrected chi connectivity index (χ2v) is 6.54. The molecular formula is C19H15ClF6N2O3. The van der Waals surface area contributed by atoms with Gasteiger partial charge in [0.25, 0.3) is 5.91 Å². The van der Waals surface area contributed by atoms with E-state index in [9.17, 15) is 35.9 Å². The first-order chi connectivity index (χ1) is 14.3. The van der Waals surface area contributed by atoms with Crippen LogP contribution in [0.1, 0.15) is 22.8 Å². The summed E-state index contributed by atoms with van der Waals surface area (Å²) in [5.74, 6) is -3.47. The molecule has 5 nitrogen and oxygen atoms in total. The third-order valence-electron chi connectivity index (χ3n) is 3.95. The van der Waals surface area contributed by atoms with Gasteiger partial charge >= 0.3 is 24.0 Å². The maximum atomic E-state index is 14.1. The van der Waals surface area contributed by atoms with E-state index in [0.29, 0.717) is 12.1 Å². The summed E-state index contributed by atoms with van der Waals surface area (Å²) in [4.78, 5) is 24.9. The molecule has 0 heterocycles. The Morgan fingerprint density at radius 1 is 1.00 bits per heavy atom. The molecule has 0 fully saturated rings. The van der Waals surface area contributed by atoms with Crippen molar-refractivity contribution < 1.29 is 40.7 Å². The van der Waals surface area contributed by atoms with E-state index in [1.807, 2.05) is 0 Å². The predicted octanol–water partition coefficient (Wildman–Crippen LogP) is 5.02. The van der Waals surface area contributed by atoms with Crippen LogP contribution in [-0.4, -0.2) is 30.3 Å². The molecule has 0 unspecified atom stereocenters. The lowest BCUT2D eigenvalue weighted by atomic mass is 10.1. The van der Waals surface area contributed by atoms with Gasteiger partial charge in [0.05, 0.1) is 12.2 Å². The smallest absolute Gasteiger partial charge is 0.441 e. The third-order valence-corrected chi connectivity index (χ3v) is 4.18. The molecule has 0 bridgehead atoms. The van der Waals surface area contributed by atoms with Crippen molar-refractivity contribution in [3.05, 3.63) is 64.7 Å². The Bertz CT molecular complexity index is 964. The normalized spacial score (nSPS) is 13.8. The van der Waals surface area contributed by atoms with Crippen LogP contribution in [0.2, 0.25) is 5.02 Å². The van der Waals surface area contributed by atoms with Crippen LogP contribution in [0.3, 0.4) is 0 Å². The number of rotatable bonds is 6. The summed E-state index contributed by atoms with van der Waals surface area (Å²) in [6.45, 7) is 0.660. The molecule has 0 spiro atoms. The first kappa shape index (κ1) is 24.3. The monoisotopic (exact) mass is 468 g/mol. The summed E-state index contributed by atoms with van der Waals surface area (Å²) in [6.07, 6.45) is -10.7. The van der Waals surface area contributed by atoms with Crippen molar-refractivity contribution >= 4 is 29.2 Å². The van der Waals surface area contributed by atoms with Crippen molar-refractivity contribution in [2.75, 3.05) is 11.9 Å².